The Kier molecular flexibility index (Phi) is 6.04. The predicted octanol–water partition coefficient (Wildman–Crippen LogP) is 3.59. The minimum atomic E-state index is -3.15. The number of ether oxygens (including phenoxy) is 1. The summed E-state index contributed by atoms with van der Waals surface area (Å²) in [6.45, 7) is 2.67. The van der Waals surface area contributed by atoms with Gasteiger partial charge in [-0.2, -0.15) is 0 Å². The minimum Gasteiger partial charge on any atom is -0.490 e. The van der Waals surface area contributed by atoms with Crippen LogP contribution in [0.5, 0.6) is 5.75 Å². The van der Waals surface area contributed by atoms with Crippen LogP contribution in [0.3, 0.4) is 0 Å². The third-order valence-corrected chi connectivity index (χ3v) is 7.52. The van der Waals surface area contributed by atoms with E-state index >= 15 is 0 Å². The molecule has 0 radical (unpaired) electrons. The number of aliphatic hydroxyl groups is 1. The molecule has 0 saturated carbocycles. The van der Waals surface area contributed by atoms with Crippen molar-refractivity contribution in [3.05, 3.63) is 60.4 Å². The Bertz CT molecular complexity index is 1120. The first-order valence-electron chi connectivity index (χ1n) is 10.2. The van der Waals surface area contributed by atoms with Gasteiger partial charge in [-0.15, -0.1) is 0 Å². The number of hydrogen-bond acceptors (Lipinski definition) is 5. The van der Waals surface area contributed by atoms with Crippen LogP contribution in [0.2, 0.25) is 0 Å². The zero-order chi connectivity index (χ0) is 21.1. The molecule has 6 nitrogen and oxygen atoms in total. The van der Waals surface area contributed by atoms with Gasteiger partial charge in [0.2, 0.25) is 10.0 Å². The SMILES string of the molecule is CCS(=O)(=O)N1CCC(Oc2cc(-c3ccc(CO)cc3)cc3ccncc23)CC1. The van der Waals surface area contributed by atoms with Gasteiger partial charge in [0.05, 0.1) is 12.4 Å². The second-order valence-electron chi connectivity index (χ2n) is 7.54. The molecule has 1 aromatic heterocycles. The van der Waals surface area contributed by atoms with Crippen LogP contribution in [0.4, 0.5) is 0 Å². The Morgan fingerprint density at radius 2 is 1.83 bits per heavy atom. The van der Waals surface area contributed by atoms with Gasteiger partial charge in [0.15, 0.2) is 0 Å². The lowest BCUT2D eigenvalue weighted by Gasteiger charge is -2.31. The van der Waals surface area contributed by atoms with Crippen molar-refractivity contribution < 1.29 is 18.3 Å². The summed E-state index contributed by atoms with van der Waals surface area (Å²) in [7, 11) is -3.15. The fourth-order valence-electron chi connectivity index (χ4n) is 3.82. The van der Waals surface area contributed by atoms with Gasteiger partial charge in [-0.1, -0.05) is 24.3 Å². The predicted molar refractivity (Wildman–Crippen MR) is 118 cm³/mol. The van der Waals surface area contributed by atoms with Crippen LogP contribution in [0.25, 0.3) is 21.9 Å². The highest BCUT2D eigenvalue weighted by Crippen LogP contribution is 2.34. The average Bonchev–Trinajstić information content (AvgIpc) is 2.79. The van der Waals surface area contributed by atoms with Gasteiger partial charge in [-0.25, -0.2) is 12.7 Å². The topological polar surface area (TPSA) is 79.7 Å². The average molecular weight is 427 g/mol. The zero-order valence-electron chi connectivity index (χ0n) is 17.0. The molecule has 1 N–H and O–H groups in total. The van der Waals surface area contributed by atoms with E-state index in [1.807, 2.05) is 36.4 Å². The number of aromatic nitrogens is 1. The second kappa shape index (κ2) is 8.71. The van der Waals surface area contributed by atoms with Crippen molar-refractivity contribution in [2.24, 2.45) is 0 Å². The smallest absolute Gasteiger partial charge is 0.213 e. The van der Waals surface area contributed by atoms with E-state index in [0.29, 0.717) is 25.9 Å². The molecular weight excluding hydrogens is 400 g/mol. The monoisotopic (exact) mass is 426 g/mol. The molecular formula is C23H26N2O4S. The van der Waals surface area contributed by atoms with Crippen LogP contribution in [-0.2, 0) is 16.6 Å². The molecule has 0 unspecified atom stereocenters. The van der Waals surface area contributed by atoms with Crippen molar-refractivity contribution in [1.82, 2.24) is 9.29 Å². The molecule has 1 saturated heterocycles. The summed E-state index contributed by atoms with van der Waals surface area (Å²) < 4.78 is 32.1. The van der Waals surface area contributed by atoms with Crippen molar-refractivity contribution in [3.8, 4) is 16.9 Å². The molecule has 158 valence electrons. The summed E-state index contributed by atoms with van der Waals surface area (Å²) in [5.41, 5.74) is 2.94. The lowest BCUT2D eigenvalue weighted by molar-refractivity contribution is 0.137. The van der Waals surface area contributed by atoms with Crippen LogP contribution in [-0.4, -0.2) is 47.8 Å². The highest BCUT2D eigenvalue weighted by atomic mass is 32.2. The summed E-state index contributed by atoms with van der Waals surface area (Å²) >= 11 is 0. The van der Waals surface area contributed by atoms with Gasteiger partial charge in [-0.05, 0) is 60.0 Å². The highest BCUT2D eigenvalue weighted by molar-refractivity contribution is 7.89. The Balaban J connectivity index is 1.60. The molecule has 2 aromatic carbocycles. The van der Waals surface area contributed by atoms with Crippen LogP contribution in [0.15, 0.2) is 54.9 Å². The molecule has 4 rings (SSSR count). The summed E-state index contributed by atoms with van der Waals surface area (Å²) in [5, 5.41) is 11.3. The molecule has 2 heterocycles. The maximum absolute atomic E-state index is 12.1. The third kappa shape index (κ3) is 4.33. The van der Waals surface area contributed by atoms with Crippen molar-refractivity contribution in [1.29, 1.82) is 0 Å². The summed E-state index contributed by atoms with van der Waals surface area (Å²) in [6, 6.07) is 13.9. The number of fused-ring (bicyclic) bond motifs is 1. The van der Waals surface area contributed by atoms with E-state index in [-0.39, 0.29) is 18.5 Å². The zero-order valence-corrected chi connectivity index (χ0v) is 17.8. The lowest BCUT2D eigenvalue weighted by atomic mass is 10.00. The molecule has 0 amide bonds. The first-order valence-corrected chi connectivity index (χ1v) is 11.8. The van der Waals surface area contributed by atoms with Gasteiger partial charge in [0, 0.05) is 30.9 Å². The summed E-state index contributed by atoms with van der Waals surface area (Å²) in [4.78, 5) is 4.25. The summed E-state index contributed by atoms with van der Waals surface area (Å²) in [5.74, 6) is 0.894. The molecule has 1 aliphatic rings. The number of aliphatic hydroxyl groups excluding tert-OH is 1. The number of benzene rings is 2. The number of piperidine rings is 1. The lowest BCUT2D eigenvalue weighted by Crippen LogP contribution is -2.42. The second-order valence-corrected chi connectivity index (χ2v) is 9.80. The van der Waals surface area contributed by atoms with E-state index < -0.39 is 10.0 Å². The molecule has 0 bridgehead atoms. The van der Waals surface area contributed by atoms with Crippen LogP contribution in [0, 0.1) is 0 Å². The van der Waals surface area contributed by atoms with E-state index in [9.17, 15) is 13.5 Å². The Morgan fingerprint density at radius 3 is 2.50 bits per heavy atom. The van der Waals surface area contributed by atoms with Crippen LogP contribution >= 0.6 is 0 Å². The molecule has 1 aliphatic heterocycles. The van der Waals surface area contributed by atoms with Crippen LogP contribution < -0.4 is 4.74 Å². The standard InChI is InChI=1S/C23H26N2O4S/c1-2-30(27,28)25-11-8-21(9-12-25)29-23-14-20(13-19-7-10-24-15-22(19)23)18-5-3-17(16-26)4-6-18/h3-7,10,13-15,21,26H,2,8-9,11-12,16H2,1H3. The van der Waals surface area contributed by atoms with E-state index in [4.69, 9.17) is 4.74 Å². The molecule has 0 atom stereocenters. The van der Waals surface area contributed by atoms with Gasteiger partial charge in [0.1, 0.15) is 11.9 Å². The van der Waals surface area contributed by atoms with Gasteiger partial charge < -0.3 is 9.84 Å². The highest BCUT2D eigenvalue weighted by Gasteiger charge is 2.28. The number of rotatable bonds is 6. The maximum atomic E-state index is 12.1. The minimum absolute atomic E-state index is 0.0183. The van der Waals surface area contributed by atoms with E-state index in [1.165, 1.54) is 0 Å². The van der Waals surface area contributed by atoms with Gasteiger partial charge >= 0.3 is 0 Å². The molecule has 0 aliphatic carbocycles. The molecule has 0 spiro atoms. The number of nitrogens with zero attached hydrogens (tertiary/aromatic N) is 2. The quantitative estimate of drug-likeness (QED) is 0.652. The first kappa shape index (κ1) is 20.8. The van der Waals surface area contributed by atoms with Crippen molar-refractivity contribution in [3.63, 3.8) is 0 Å². The van der Waals surface area contributed by atoms with E-state index in [1.54, 1.807) is 23.6 Å². The number of pyridine rings is 1. The van der Waals surface area contributed by atoms with Gasteiger partial charge in [0.25, 0.3) is 0 Å². The van der Waals surface area contributed by atoms with Crippen molar-refractivity contribution in [2.75, 3.05) is 18.8 Å². The van der Waals surface area contributed by atoms with Crippen LogP contribution in [0.1, 0.15) is 25.3 Å². The normalized spacial score (nSPS) is 16.1. The third-order valence-electron chi connectivity index (χ3n) is 5.64. The van der Waals surface area contributed by atoms with Crippen molar-refractivity contribution in [2.45, 2.75) is 32.5 Å². The maximum Gasteiger partial charge on any atom is 0.213 e. The summed E-state index contributed by atoms with van der Waals surface area (Å²) in [6.07, 6.45) is 4.86. The molecule has 1 fully saturated rings. The Morgan fingerprint density at radius 1 is 1.10 bits per heavy atom. The molecule has 30 heavy (non-hydrogen) atoms. The van der Waals surface area contributed by atoms with E-state index in [0.717, 1.165) is 33.2 Å². The van der Waals surface area contributed by atoms with E-state index in [2.05, 4.69) is 11.1 Å². The Hall–Kier alpha value is -2.48. The largest absolute Gasteiger partial charge is 0.490 e. The number of hydrogen-bond donors (Lipinski definition) is 1. The number of sulfonamides is 1. The molecule has 3 aromatic rings. The molecule has 7 heteroatoms. The van der Waals surface area contributed by atoms with Crippen molar-refractivity contribution >= 4 is 20.8 Å². The van der Waals surface area contributed by atoms with Gasteiger partial charge in [-0.3, -0.25) is 4.98 Å². The fraction of sp³-hybridized carbons (Fsp3) is 0.348. The Labute approximate surface area is 177 Å². The fourth-order valence-corrected chi connectivity index (χ4v) is 4.95. The first-order chi connectivity index (χ1) is 14.5.